The maximum absolute atomic E-state index is 15.1. The van der Waals surface area contributed by atoms with Crippen molar-refractivity contribution in [2.45, 2.75) is 10.9 Å². The average molecular weight is 479 g/mol. The summed E-state index contributed by atoms with van der Waals surface area (Å²) in [6, 6.07) is 3.98. The molecule has 3 heterocycles. The number of anilines is 1. The molecule has 10 nitrogen and oxygen atoms in total. The van der Waals surface area contributed by atoms with Gasteiger partial charge in [-0.25, -0.2) is 23.5 Å². The number of carbonyl (C=O) groups is 2. The Morgan fingerprint density at radius 1 is 1.33 bits per heavy atom. The van der Waals surface area contributed by atoms with Crippen LogP contribution in [0.4, 0.5) is 19.3 Å². The molecule has 1 fully saturated rings. The number of aliphatic imine (C=N–C) groups is 1. The number of aromatic nitrogens is 2. The number of fused-ring (bicyclic) bond motifs is 1. The van der Waals surface area contributed by atoms with Crippen LogP contribution in [0, 0.1) is 11.7 Å². The largest absolute Gasteiger partial charge is 0.480 e. The molecule has 1 aromatic heterocycles. The quantitative estimate of drug-likeness (QED) is 0.595. The fraction of sp³-hybridized carbons (Fsp3) is 0.350. The van der Waals surface area contributed by atoms with E-state index in [1.54, 1.807) is 0 Å². The van der Waals surface area contributed by atoms with Crippen molar-refractivity contribution < 1.29 is 33.0 Å². The topological polar surface area (TPSA) is 135 Å². The molecule has 13 heteroatoms. The lowest BCUT2D eigenvalue weighted by Gasteiger charge is -2.37. The molecular weight excluding hydrogens is 460 g/mol. The predicted molar refractivity (Wildman–Crippen MR) is 115 cm³/mol. The number of rotatable bonds is 5. The number of hydrogen-bond donors (Lipinski definition) is 3. The number of amides is 2. The Labute approximate surface area is 190 Å². The number of carboxylic acid groups (broad SMARTS) is 1. The van der Waals surface area contributed by atoms with Gasteiger partial charge in [-0.1, -0.05) is 11.8 Å². The van der Waals surface area contributed by atoms with E-state index in [4.69, 9.17) is 14.6 Å². The van der Waals surface area contributed by atoms with Gasteiger partial charge in [-0.05, 0) is 18.2 Å². The SMILES string of the molecule is COc1cnc(C(=O)Nc2ccc(F)c([C@]34CO[C@H](CF)[C@@H]3CN=C(NC(=O)O)S4)c2)cn1. The maximum Gasteiger partial charge on any atom is 0.410 e. The normalized spacial score (nSPS) is 23.9. The van der Waals surface area contributed by atoms with Gasteiger partial charge in [0.05, 0.1) is 37.0 Å². The van der Waals surface area contributed by atoms with Crippen LogP contribution in [0.2, 0.25) is 0 Å². The van der Waals surface area contributed by atoms with Crippen LogP contribution in [-0.2, 0) is 9.48 Å². The molecule has 174 valence electrons. The lowest BCUT2D eigenvalue weighted by molar-refractivity contribution is 0.0701. The molecule has 0 saturated carbocycles. The summed E-state index contributed by atoms with van der Waals surface area (Å²) in [5.41, 5.74) is 0.430. The van der Waals surface area contributed by atoms with Crippen LogP contribution >= 0.6 is 11.8 Å². The molecule has 1 aromatic carbocycles. The van der Waals surface area contributed by atoms with Gasteiger partial charge in [0.25, 0.3) is 5.91 Å². The van der Waals surface area contributed by atoms with Crippen LogP contribution < -0.4 is 15.4 Å². The molecule has 2 aliphatic heterocycles. The predicted octanol–water partition coefficient (Wildman–Crippen LogP) is 2.43. The van der Waals surface area contributed by atoms with Gasteiger partial charge < -0.3 is 19.9 Å². The van der Waals surface area contributed by atoms with Crippen LogP contribution in [0.1, 0.15) is 16.1 Å². The summed E-state index contributed by atoms with van der Waals surface area (Å²) in [4.78, 5) is 35.7. The Hall–Kier alpha value is -3.32. The summed E-state index contributed by atoms with van der Waals surface area (Å²) < 4.78 is 38.0. The molecule has 3 atom stereocenters. The number of carbonyl (C=O) groups excluding carboxylic acids is 1. The van der Waals surface area contributed by atoms with Crippen LogP contribution in [0.5, 0.6) is 5.88 Å². The van der Waals surface area contributed by atoms with Crippen molar-refractivity contribution in [3.63, 3.8) is 0 Å². The van der Waals surface area contributed by atoms with Crippen LogP contribution in [-0.4, -0.2) is 65.3 Å². The molecule has 3 N–H and O–H groups in total. The molecule has 2 amide bonds. The first-order valence-electron chi connectivity index (χ1n) is 9.74. The molecule has 2 aromatic rings. The van der Waals surface area contributed by atoms with Gasteiger partial charge in [-0.2, -0.15) is 0 Å². The van der Waals surface area contributed by atoms with Crippen molar-refractivity contribution >= 4 is 34.6 Å². The van der Waals surface area contributed by atoms with Crippen molar-refractivity contribution in [1.29, 1.82) is 0 Å². The third-order valence-corrected chi connectivity index (χ3v) is 6.82. The summed E-state index contributed by atoms with van der Waals surface area (Å²) in [6.45, 7) is -0.803. The lowest BCUT2D eigenvalue weighted by Crippen LogP contribution is -2.44. The van der Waals surface area contributed by atoms with Gasteiger partial charge in [0, 0.05) is 23.7 Å². The number of ether oxygens (including phenoxy) is 2. The van der Waals surface area contributed by atoms with Gasteiger partial charge in [0.15, 0.2) is 5.17 Å². The van der Waals surface area contributed by atoms with Gasteiger partial charge in [0.2, 0.25) is 5.88 Å². The van der Waals surface area contributed by atoms with Crippen molar-refractivity contribution in [1.82, 2.24) is 15.3 Å². The number of amidine groups is 1. The first-order valence-corrected chi connectivity index (χ1v) is 10.6. The smallest absolute Gasteiger partial charge is 0.410 e. The molecular formula is C20H19F2N5O5S. The zero-order chi connectivity index (χ0) is 23.6. The minimum atomic E-state index is -1.32. The Balaban J connectivity index is 1.65. The number of nitrogens with one attached hydrogen (secondary N) is 2. The molecule has 33 heavy (non-hydrogen) atoms. The fourth-order valence-electron chi connectivity index (χ4n) is 3.81. The van der Waals surface area contributed by atoms with Crippen molar-refractivity contribution in [2.75, 3.05) is 32.3 Å². The van der Waals surface area contributed by atoms with E-state index in [1.807, 2.05) is 0 Å². The summed E-state index contributed by atoms with van der Waals surface area (Å²) in [5.74, 6) is -1.48. The second kappa shape index (κ2) is 9.27. The molecule has 0 unspecified atom stereocenters. The number of nitrogens with zero attached hydrogens (tertiary/aromatic N) is 3. The van der Waals surface area contributed by atoms with Gasteiger partial charge >= 0.3 is 6.09 Å². The van der Waals surface area contributed by atoms with Gasteiger partial charge in [-0.3, -0.25) is 15.1 Å². The minimum Gasteiger partial charge on any atom is -0.480 e. The lowest BCUT2D eigenvalue weighted by atomic mass is 9.83. The molecule has 4 rings (SSSR count). The van der Waals surface area contributed by atoms with Crippen molar-refractivity contribution in [3.8, 4) is 5.88 Å². The minimum absolute atomic E-state index is 0.0199. The molecule has 0 bridgehead atoms. The third-order valence-electron chi connectivity index (χ3n) is 5.39. The first-order chi connectivity index (χ1) is 15.9. The molecule has 0 spiro atoms. The van der Waals surface area contributed by atoms with Crippen molar-refractivity contribution in [2.24, 2.45) is 10.9 Å². The van der Waals surface area contributed by atoms with Crippen LogP contribution in [0.15, 0.2) is 35.6 Å². The van der Waals surface area contributed by atoms with E-state index in [2.05, 4.69) is 25.6 Å². The van der Waals surface area contributed by atoms with Crippen LogP contribution in [0.25, 0.3) is 0 Å². The van der Waals surface area contributed by atoms with Gasteiger partial charge in [0.1, 0.15) is 18.2 Å². The van der Waals surface area contributed by atoms with Gasteiger partial charge in [-0.15, -0.1) is 0 Å². The molecule has 1 saturated heterocycles. The number of benzene rings is 1. The first kappa shape index (κ1) is 22.9. The van der Waals surface area contributed by atoms with E-state index in [9.17, 15) is 14.0 Å². The molecule has 2 aliphatic rings. The van der Waals surface area contributed by atoms with E-state index in [1.165, 1.54) is 37.7 Å². The third kappa shape index (κ3) is 4.46. The van der Waals surface area contributed by atoms with E-state index in [0.717, 1.165) is 11.8 Å². The van der Waals surface area contributed by atoms with E-state index in [0.29, 0.717) is 0 Å². The summed E-state index contributed by atoms with van der Waals surface area (Å²) >= 11 is 0.970. The highest BCUT2D eigenvalue weighted by atomic mass is 32.2. The average Bonchev–Trinajstić information content (AvgIpc) is 3.18. The van der Waals surface area contributed by atoms with E-state index in [-0.39, 0.29) is 41.1 Å². The standard InChI is InChI=1S/C20H19F2N5O5S/c1-31-16-8-23-14(7-24-16)17(28)26-10-2-3-13(22)11(4-10)20-9-32-15(5-21)12(20)6-25-18(33-20)27-19(29)30/h2-4,7-8,12,15H,5-6,9H2,1H3,(H,25,27)(H,26,28)(H,29,30)/t12-,15+,20+/m0/s1. The highest BCUT2D eigenvalue weighted by Gasteiger charge is 2.55. The molecule has 0 aliphatic carbocycles. The second-order valence-corrected chi connectivity index (χ2v) is 8.59. The number of thioether (sulfide) groups is 1. The highest BCUT2D eigenvalue weighted by Crippen LogP contribution is 2.53. The zero-order valence-electron chi connectivity index (χ0n) is 17.2. The fourth-order valence-corrected chi connectivity index (χ4v) is 5.21. The van der Waals surface area contributed by atoms with E-state index < -0.39 is 41.3 Å². The Bertz CT molecular complexity index is 1100. The monoisotopic (exact) mass is 479 g/mol. The Kier molecular flexibility index (Phi) is 6.42. The number of hydrogen-bond acceptors (Lipinski definition) is 8. The number of alkyl halides is 1. The highest BCUT2D eigenvalue weighted by molar-refractivity contribution is 8.14. The Morgan fingerprint density at radius 3 is 2.82 bits per heavy atom. The van der Waals surface area contributed by atoms with E-state index >= 15 is 4.39 Å². The van der Waals surface area contributed by atoms with Crippen LogP contribution in [0.3, 0.4) is 0 Å². The second-order valence-electron chi connectivity index (χ2n) is 7.27. The van der Waals surface area contributed by atoms with Crippen molar-refractivity contribution in [3.05, 3.63) is 47.7 Å². The number of halogens is 2. The number of methoxy groups -OCH3 is 1. The molecule has 0 radical (unpaired) electrons. The maximum atomic E-state index is 15.1. The summed E-state index contributed by atoms with van der Waals surface area (Å²) in [7, 11) is 1.42. The zero-order valence-corrected chi connectivity index (χ0v) is 18.1. The summed E-state index contributed by atoms with van der Waals surface area (Å²) in [6.07, 6.45) is 0.385. The Morgan fingerprint density at radius 2 is 2.15 bits per heavy atom. The summed E-state index contributed by atoms with van der Waals surface area (Å²) in [5, 5.41) is 13.9.